The van der Waals surface area contributed by atoms with Gasteiger partial charge >= 0.3 is 12.2 Å². The normalized spacial score (nSPS) is 21.5. The van der Waals surface area contributed by atoms with Crippen LogP contribution in [0, 0.1) is 17.8 Å². The molecule has 5 atom stereocenters. The fourth-order valence-corrected chi connectivity index (χ4v) is 10.4. The standard InChI is InChI=1S/C48H60N6O7/c1-28(2)40(52-47(57)59-3)44(55)36-9-5-6-10-37(36)45-49-27-38(50-45)31-18-14-29(15-19-31)30-16-20-32(21-17-30)41-34-11-7-12-35(34)43(51-41)39-13-8-24-54(39)46(56)42(53-48(58)60-4)33-22-25-61-26-23-33/h14-21,27-28,33,36-37,39-40,42,51H,5-13,22-26H2,1-4H3,(H,49,50)(H,52,57)(H,53,58)/t36-,37+,39?,40?,42?/m0/s1. The minimum absolute atomic E-state index is 0.000313. The quantitative estimate of drug-likeness (QED) is 0.111. The highest BCUT2D eigenvalue weighted by Crippen LogP contribution is 2.43. The van der Waals surface area contributed by atoms with E-state index in [0.29, 0.717) is 19.8 Å². The third-order valence-electron chi connectivity index (χ3n) is 13.6. The van der Waals surface area contributed by atoms with Crippen molar-refractivity contribution >= 4 is 23.9 Å². The van der Waals surface area contributed by atoms with Crippen molar-refractivity contribution in [1.82, 2.24) is 30.5 Å². The number of Topliss-reactive ketones (excluding diaryl/α,β-unsaturated/α-hetero) is 1. The third kappa shape index (κ3) is 8.85. The van der Waals surface area contributed by atoms with Crippen molar-refractivity contribution in [3.8, 4) is 33.6 Å². The molecule has 2 aliphatic heterocycles. The number of likely N-dealkylation sites (tertiary alicyclic amines) is 1. The second-order valence-electron chi connectivity index (χ2n) is 17.6. The number of hydrogen-bond acceptors (Lipinski definition) is 8. The first-order valence-corrected chi connectivity index (χ1v) is 22.3. The predicted octanol–water partition coefficient (Wildman–Crippen LogP) is 8.27. The van der Waals surface area contributed by atoms with E-state index in [1.165, 1.54) is 25.3 Å². The average molecular weight is 833 g/mol. The second-order valence-corrected chi connectivity index (χ2v) is 17.6. The number of H-pyrrole nitrogens is 2. The Balaban J connectivity index is 0.969. The molecular formula is C48H60N6O7. The summed E-state index contributed by atoms with van der Waals surface area (Å²) in [5.74, 6) is 0.467. The van der Waals surface area contributed by atoms with Crippen LogP contribution in [-0.2, 0) is 36.6 Å². The summed E-state index contributed by atoms with van der Waals surface area (Å²) in [7, 11) is 2.65. The van der Waals surface area contributed by atoms with Crippen LogP contribution in [0.3, 0.4) is 0 Å². The molecule has 2 saturated heterocycles. The summed E-state index contributed by atoms with van der Waals surface area (Å²) >= 11 is 0. The van der Waals surface area contributed by atoms with Crippen molar-refractivity contribution in [2.24, 2.45) is 17.8 Å². The van der Waals surface area contributed by atoms with Crippen molar-refractivity contribution in [2.45, 2.75) is 109 Å². The van der Waals surface area contributed by atoms with Gasteiger partial charge in [0.05, 0.1) is 38.2 Å². The largest absolute Gasteiger partial charge is 0.453 e. The molecule has 4 aliphatic rings. The molecule has 61 heavy (non-hydrogen) atoms. The SMILES string of the molecule is COC(=O)NC(C(=O)[C@H]1CCCC[C@H]1c1ncc(-c2ccc(-c3ccc(-c4[nH]c(C5CCCN5C(=O)C(NC(=O)OC)C5CCOCC5)c5c4CCC5)cc3)cc2)[nH]1)C(C)C. The monoisotopic (exact) mass is 832 g/mol. The zero-order valence-electron chi connectivity index (χ0n) is 35.9. The van der Waals surface area contributed by atoms with Gasteiger partial charge in [-0.1, -0.05) is 75.2 Å². The van der Waals surface area contributed by atoms with Gasteiger partial charge in [0.1, 0.15) is 11.9 Å². The molecular weight excluding hydrogens is 773 g/mol. The molecule has 13 nitrogen and oxygen atoms in total. The van der Waals surface area contributed by atoms with E-state index in [2.05, 4.69) is 69.1 Å². The van der Waals surface area contributed by atoms with Gasteiger partial charge in [0.15, 0.2) is 5.78 Å². The van der Waals surface area contributed by atoms with Crippen LogP contribution in [0.1, 0.15) is 106 Å². The first-order chi connectivity index (χ1) is 29.6. The summed E-state index contributed by atoms with van der Waals surface area (Å²) in [6.07, 6.45) is 10.6. The van der Waals surface area contributed by atoms with Crippen molar-refractivity contribution in [2.75, 3.05) is 34.0 Å². The molecule has 4 heterocycles. The van der Waals surface area contributed by atoms with Crippen LogP contribution >= 0.6 is 0 Å². The lowest BCUT2D eigenvalue weighted by molar-refractivity contribution is -0.136. The molecule has 4 aromatic rings. The topological polar surface area (TPSA) is 168 Å². The van der Waals surface area contributed by atoms with Crippen LogP contribution in [0.25, 0.3) is 33.6 Å². The smallest absolute Gasteiger partial charge is 0.407 e. The molecule has 0 radical (unpaired) electrons. The maximum atomic E-state index is 14.3. The first-order valence-electron chi connectivity index (χ1n) is 22.3. The number of hydrogen-bond donors (Lipinski definition) is 4. The van der Waals surface area contributed by atoms with Crippen LogP contribution < -0.4 is 10.6 Å². The van der Waals surface area contributed by atoms with E-state index in [9.17, 15) is 19.2 Å². The van der Waals surface area contributed by atoms with Crippen molar-refractivity contribution in [1.29, 1.82) is 0 Å². The van der Waals surface area contributed by atoms with Crippen LogP contribution in [0.4, 0.5) is 9.59 Å². The lowest BCUT2D eigenvalue weighted by Gasteiger charge is -2.34. The number of ether oxygens (including phenoxy) is 3. The number of aromatic amines is 2. The minimum Gasteiger partial charge on any atom is -0.453 e. The number of methoxy groups -OCH3 is 2. The lowest BCUT2D eigenvalue weighted by Crippen LogP contribution is -2.53. The summed E-state index contributed by atoms with van der Waals surface area (Å²) in [6, 6.07) is 15.8. The maximum absolute atomic E-state index is 14.3. The molecule has 0 bridgehead atoms. The fourth-order valence-electron chi connectivity index (χ4n) is 10.4. The molecule has 3 amide bonds. The molecule has 4 N–H and O–H groups in total. The fraction of sp³-hybridized carbons (Fsp3) is 0.521. The summed E-state index contributed by atoms with van der Waals surface area (Å²) in [4.78, 5) is 66.7. The number of ketones is 1. The first kappa shape index (κ1) is 42.3. The maximum Gasteiger partial charge on any atom is 0.407 e. The second kappa shape index (κ2) is 18.7. The van der Waals surface area contributed by atoms with E-state index >= 15 is 0 Å². The number of carbonyl (C=O) groups is 4. The Bertz CT molecular complexity index is 2190. The molecule has 2 aromatic carbocycles. The Morgan fingerprint density at radius 1 is 0.754 bits per heavy atom. The highest BCUT2D eigenvalue weighted by molar-refractivity contribution is 5.90. The van der Waals surface area contributed by atoms with E-state index < -0.39 is 24.3 Å². The molecule has 2 aromatic heterocycles. The number of nitrogens with zero attached hydrogens (tertiary/aromatic N) is 2. The number of imidazole rings is 1. The summed E-state index contributed by atoms with van der Waals surface area (Å²) in [6.45, 7) is 5.70. The number of fused-ring (bicyclic) bond motifs is 1. The van der Waals surface area contributed by atoms with Crippen LogP contribution in [-0.4, -0.2) is 89.8 Å². The van der Waals surface area contributed by atoms with Gasteiger partial charge in [0, 0.05) is 43.0 Å². The molecule has 13 heteroatoms. The minimum atomic E-state index is -0.647. The van der Waals surface area contributed by atoms with Crippen LogP contribution in [0.15, 0.2) is 54.7 Å². The average Bonchev–Trinajstić information content (AvgIpc) is 4.13. The Labute approximate surface area is 358 Å². The number of carbonyl (C=O) groups excluding carboxylic acids is 4. The van der Waals surface area contributed by atoms with Crippen LogP contribution in [0.5, 0.6) is 0 Å². The van der Waals surface area contributed by atoms with Crippen molar-refractivity contribution < 1.29 is 33.4 Å². The van der Waals surface area contributed by atoms with Gasteiger partial charge < -0.3 is 39.7 Å². The zero-order valence-corrected chi connectivity index (χ0v) is 35.9. The van der Waals surface area contributed by atoms with Gasteiger partial charge in [0.2, 0.25) is 5.91 Å². The molecule has 324 valence electrons. The predicted molar refractivity (Wildman–Crippen MR) is 232 cm³/mol. The van der Waals surface area contributed by atoms with Gasteiger partial charge in [-0.2, -0.15) is 0 Å². The van der Waals surface area contributed by atoms with Gasteiger partial charge in [-0.05, 0) is 103 Å². The van der Waals surface area contributed by atoms with Gasteiger partial charge in [-0.15, -0.1) is 0 Å². The molecule has 1 saturated carbocycles. The van der Waals surface area contributed by atoms with Gasteiger partial charge in [0.25, 0.3) is 0 Å². The van der Waals surface area contributed by atoms with Gasteiger partial charge in [-0.25, -0.2) is 14.6 Å². The van der Waals surface area contributed by atoms with Crippen molar-refractivity contribution in [3.63, 3.8) is 0 Å². The third-order valence-corrected chi connectivity index (χ3v) is 13.6. The Kier molecular flexibility index (Phi) is 12.9. The molecule has 2 aliphatic carbocycles. The zero-order chi connectivity index (χ0) is 42.6. The molecule has 3 fully saturated rings. The van der Waals surface area contributed by atoms with E-state index in [1.54, 1.807) is 0 Å². The summed E-state index contributed by atoms with van der Waals surface area (Å²) in [5.41, 5.74) is 10.2. The number of alkyl carbamates (subject to hydrolysis) is 2. The molecule has 0 spiro atoms. The summed E-state index contributed by atoms with van der Waals surface area (Å²) in [5, 5.41) is 5.65. The molecule has 8 rings (SSSR count). The number of amides is 3. The van der Waals surface area contributed by atoms with Crippen LogP contribution in [0.2, 0.25) is 0 Å². The van der Waals surface area contributed by atoms with E-state index in [1.807, 2.05) is 24.9 Å². The Morgan fingerprint density at radius 3 is 2.08 bits per heavy atom. The highest BCUT2D eigenvalue weighted by atomic mass is 16.5. The van der Waals surface area contributed by atoms with Gasteiger partial charge in [-0.3, -0.25) is 9.59 Å². The lowest BCUT2D eigenvalue weighted by atomic mass is 9.73. The van der Waals surface area contributed by atoms with E-state index in [4.69, 9.17) is 19.2 Å². The number of rotatable bonds is 12. The number of benzene rings is 2. The van der Waals surface area contributed by atoms with E-state index in [-0.39, 0.29) is 41.4 Å². The van der Waals surface area contributed by atoms with E-state index in [0.717, 1.165) is 116 Å². The Morgan fingerprint density at radius 2 is 1.39 bits per heavy atom. The number of aromatic nitrogens is 3. The molecule has 3 unspecified atom stereocenters. The summed E-state index contributed by atoms with van der Waals surface area (Å²) < 4.78 is 15.3. The Hall–Kier alpha value is -5.43. The van der Waals surface area contributed by atoms with Crippen molar-refractivity contribution in [3.05, 3.63) is 77.4 Å². The highest BCUT2D eigenvalue weighted by Gasteiger charge is 2.42. The number of nitrogens with one attached hydrogen (secondary N) is 4.